The smallest absolute Gasteiger partial charge is 0.257 e. The van der Waals surface area contributed by atoms with E-state index in [1.807, 2.05) is 0 Å². The van der Waals surface area contributed by atoms with Crippen molar-refractivity contribution < 1.29 is 56.1 Å². The molecule has 4 amide bonds. The minimum Gasteiger partial charge on any atom is -0.481 e. The number of carbonyl (C=O) groups is 4. The number of hydrogen-bond acceptors (Lipinski definition) is 12. The Morgan fingerprint density at radius 2 is 0.375 bits per heavy atom. The Morgan fingerprint density at radius 3 is 0.523 bits per heavy atom. The number of ether oxygens (including phenoxy) is 4. The van der Waals surface area contributed by atoms with Crippen LogP contribution in [0.1, 0.15) is 364 Å². The van der Waals surface area contributed by atoms with E-state index in [2.05, 4.69) is 237 Å². The summed E-state index contributed by atoms with van der Waals surface area (Å²) in [6.07, 6.45) is 44.5. The number of nitrogens with zero attached hydrogens (tertiary/aromatic N) is 4. The molecule has 0 aliphatic carbocycles. The van der Waals surface area contributed by atoms with Gasteiger partial charge in [-0.2, -0.15) is 0 Å². The van der Waals surface area contributed by atoms with E-state index in [4.69, 9.17) is 18.9 Å². The van der Waals surface area contributed by atoms with E-state index < -0.39 is 21.7 Å². The highest BCUT2D eigenvalue weighted by molar-refractivity contribution is 8.01. The molecule has 0 saturated heterocycles. The second kappa shape index (κ2) is 58.5. The number of fused-ring (bicyclic) bond motifs is 8. The molecule has 4 aromatic carbocycles. The molecule has 1 aliphatic rings. The molecule has 0 fully saturated rings. The maximum Gasteiger partial charge on any atom is 0.257 e. The van der Waals surface area contributed by atoms with Crippen LogP contribution in [0.3, 0.4) is 0 Å². The standard InChI is InChI=1S/C108H184N8O8S4/c1-25-29-33-37-41-45-49-53-65-113(17,18)69-57-61-109-97(117)81-121-101-89-73-85(105(5,6)7)74-90(101)126-92-76-87(107(11,12)13)78-94(103(92)123-83-99(119)111-63-59-71-115(21,22)67-55-51-47-43-39-35-31-27-3)128-96-80-88(108(14,15)16)79-95(104(96)124-84-100(120)112-64-60-72-116(23,24)68-56-52-48-44-40-36-32-28-4)127-93-77-86(106(8,9)10)75-91(125-89)102(93)122-82-98(118)110-62-58-70-114(19,20)66-54-50-46-42-38-34-30-26-2/h73-80H,25-72,81-84H2,1-24H3/p+4. The molecule has 0 spiro atoms. The molecule has 20 heteroatoms. The molecule has 728 valence electrons. The minimum atomic E-state index is -0.397. The zero-order chi connectivity index (χ0) is 94.5. The summed E-state index contributed by atoms with van der Waals surface area (Å²) in [4.78, 5) is 64.7. The van der Waals surface area contributed by atoms with Gasteiger partial charge in [-0.1, -0.05) is 312 Å². The average molecular weight is 1860 g/mol. The highest BCUT2D eigenvalue weighted by atomic mass is 32.2. The monoisotopic (exact) mass is 1850 g/mol. The van der Waals surface area contributed by atoms with Gasteiger partial charge in [0.15, 0.2) is 26.4 Å². The number of unbranched alkanes of at least 4 members (excludes halogenated alkanes) is 28. The fraction of sp³-hybridized carbons (Fsp3) is 0.741. The third kappa shape index (κ3) is 46.0. The lowest BCUT2D eigenvalue weighted by Crippen LogP contribution is -2.42. The lowest BCUT2D eigenvalue weighted by Gasteiger charge is -2.30. The first-order valence-corrected chi connectivity index (χ1v) is 54.1. The van der Waals surface area contributed by atoms with E-state index in [1.54, 1.807) is 0 Å². The van der Waals surface area contributed by atoms with Crippen LogP contribution in [0, 0.1) is 0 Å². The fourth-order valence-corrected chi connectivity index (χ4v) is 21.3. The first kappa shape index (κ1) is 114. The van der Waals surface area contributed by atoms with E-state index in [-0.39, 0.29) is 50.1 Å². The Morgan fingerprint density at radius 1 is 0.234 bits per heavy atom. The molecule has 4 N–H and O–H groups in total. The summed E-state index contributed by atoms with van der Waals surface area (Å²) < 4.78 is 32.4. The van der Waals surface area contributed by atoms with Gasteiger partial charge in [0.2, 0.25) is 0 Å². The summed E-state index contributed by atoms with van der Waals surface area (Å²) in [5.74, 6) is 1.19. The summed E-state index contributed by atoms with van der Waals surface area (Å²) >= 11 is 6.06. The van der Waals surface area contributed by atoms with Gasteiger partial charge in [-0.05, 0) is 144 Å². The predicted octanol–water partition coefficient (Wildman–Crippen LogP) is 26.2. The topological polar surface area (TPSA) is 153 Å². The average Bonchev–Trinajstić information content (AvgIpc) is 0.755. The van der Waals surface area contributed by atoms with Crippen LogP contribution in [0.2, 0.25) is 0 Å². The Labute approximate surface area is 800 Å². The normalized spacial score (nSPS) is 13.1. The number of carbonyl (C=O) groups excluding carboxylic acids is 4. The molecular formula is C108H188N8O8S4+4. The number of nitrogens with one attached hydrogen (secondary N) is 4. The maximum atomic E-state index is 14.7. The van der Waals surface area contributed by atoms with Crippen molar-refractivity contribution in [3.8, 4) is 23.0 Å². The van der Waals surface area contributed by atoms with Crippen LogP contribution in [0.15, 0.2) is 87.7 Å². The van der Waals surface area contributed by atoms with E-state index >= 15 is 0 Å². The lowest BCUT2D eigenvalue weighted by atomic mass is 9.87. The molecule has 0 unspecified atom stereocenters. The Balaban J connectivity index is 1.72. The second-order valence-corrected chi connectivity index (χ2v) is 48.3. The van der Waals surface area contributed by atoms with Crippen molar-refractivity contribution >= 4 is 70.7 Å². The molecule has 1 aliphatic heterocycles. The van der Waals surface area contributed by atoms with Crippen LogP contribution in [0.4, 0.5) is 0 Å². The van der Waals surface area contributed by atoms with Crippen molar-refractivity contribution in [2.45, 2.75) is 403 Å². The molecule has 0 radical (unpaired) electrons. The quantitative estimate of drug-likeness (QED) is 0.0216. The van der Waals surface area contributed by atoms with Crippen molar-refractivity contribution in [3.05, 3.63) is 70.8 Å². The molecule has 0 aromatic heterocycles. The van der Waals surface area contributed by atoms with Crippen molar-refractivity contribution in [1.29, 1.82) is 0 Å². The van der Waals surface area contributed by atoms with Crippen molar-refractivity contribution in [3.63, 3.8) is 0 Å². The molecule has 8 bridgehead atoms. The molecule has 0 saturated carbocycles. The van der Waals surface area contributed by atoms with Gasteiger partial charge in [0.05, 0.1) is 148 Å². The van der Waals surface area contributed by atoms with Crippen LogP contribution in [0.25, 0.3) is 0 Å². The van der Waals surface area contributed by atoms with Crippen LogP contribution >= 0.6 is 47.0 Å². The minimum absolute atomic E-state index is 0.217. The third-order valence-electron chi connectivity index (χ3n) is 25.3. The second-order valence-electron chi connectivity index (χ2n) is 44.0. The lowest BCUT2D eigenvalue weighted by molar-refractivity contribution is -0.890. The Kier molecular flexibility index (Phi) is 51.9. The highest BCUT2D eigenvalue weighted by Crippen LogP contribution is 2.57. The summed E-state index contributed by atoms with van der Waals surface area (Å²) in [6, 6.07) is 17.7. The molecule has 128 heavy (non-hydrogen) atoms. The van der Waals surface area contributed by atoms with Gasteiger partial charge >= 0.3 is 0 Å². The predicted molar refractivity (Wildman–Crippen MR) is 547 cm³/mol. The maximum absolute atomic E-state index is 14.7. The van der Waals surface area contributed by atoms with Crippen LogP contribution in [-0.4, -0.2) is 203 Å². The van der Waals surface area contributed by atoms with E-state index in [9.17, 15) is 19.2 Å². The van der Waals surface area contributed by atoms with Crippen LogP contribution in [0.5, 0.6) is 23.0 Å². The van der Waals surface area contributed by atoms with Gasteiger partial charge in [0, 0.05) is 51.9 Å². The fourth-order valence-electron chi connectivity index (χ4n) is 16.5. The number of quaternary nitrogens is 4. The summed E-state index contributed by atoms with van der Waals surface area (Å²) in [6.45, 7) is 45.0. The van der Waals surface area contributed by atoms with E-state index in [0.29, 0.717) is 49.2 Å². The zero-order valence-corrected chi connectivity index (χ0v) is 89.3. The number of benzene rings is 4. The number of hydrogen-bond donors (Lipinski definition) is 4. The summed E-state index contributed by atoms with van der Waals surface area (Å²) in [7, 11) is 18.5. The van der Waals surface area contributed by atoms with Crippen LogP contribution in [-0.2, 0) is 40.8 Å². The first-order valence-electron chi connectivity index (χ1n) is 50.8. The van der Waals surface area contributed by atoms with E-state index in [1.165, 1.54) is 253 Å². The van der Waals surface area contributed by atoms with Gasteiger partial charge in [-0.25, -0.2) is 0 Å². The molecule has 5 rings (SSSR count). The third-order valence-corrected chi connectivity index (χ3v) is 29.5. The molecule has 1 heterocycles. The number of amides is 4. The van der Waals surface area contributed by atoms with Crippen molar-refractivity contribution in [2.24, 2.45) is 0 Å². The summed E-state index contributed by atoms with van der Waals surface area (Å²) in [5.41, 5.74) is 2.55. The zero-order valence-electron chi connectivity index (χ0n) is 86.1. The van der Waals surface area contributed by atoms with E-state index in [0.717, 1.165) is 157 Å². The molecule has 4 aromatic rings. The van der Waals surface area contributed by atoms with Gasteiger partial charge in [-0.15, -0.1) is 0 Å². The van der Waals surface area contributed by atoms with Gasteiger partial charge in [0.1, 0.15) is 23.0 Å². The molecule has 16 nitrogen and oxygen atoms in total. The first-order chi connectivity index (χ1) is 60.5. The molecular weight excluding hydrogens is 1670 g/mol. The highest BCUT2D eigenvalue weighted by Gasteiger charge is 2.33. The summed E-state index contributed by atoms with van der Waals surface area (Å²) in [5, 5.41) is 13.1. The SMILES string of the molecule is CCCCCCCCCC[N+](C)(C)CCCNC(=O)COc1c2cc(C(C)(C)C)cc1Sc1cc(C(C)(C)C)cc(c1OCC(=O)NCCC[N+](C)(C)CCCCCCCCCC)Sc1cc(C(C)(C)C)cc(c1OCC(=O)NCCC[N+](C)(C)CCCCCCCCCC)Sc1cc(C(C)(C)C)cc(c1OCC(=O)NCCC[N+](C)(C)CCCCCCCCCC)S2. The number of rotatable bonds is 64. The van der Waals surface area contributed by atoms with Crippen molar-refractivity contribution in [2.75, 3.05) is 161 Å². The Bertz CT molecular complexity index is 3300. The largest absolute Gasteiger partial charge is 0.481 e. The Hall–Kier alpha value is -4.80. The molecule has 0 atom stereocenters. The van der Waals surface area contributed by atoms with Gasteiger partial charge in [0.25, 0.3) is 23.6 Å². The van der Waals surface area contributed by atoms with Gasteiger partial charge < -0.3 is 58.1 Å². The van der Waals surface area contributed by atoms with Gasteiger partial charge in [-0.3, -0.25) is 19.2 Å². The van der Waals surface area contributed by atoms with Crippen LogP contribution < -0.4 is 40.2 Å². The van der Waals surface area contributed by atoms with Crippen molar-refractivity contribution in [1.82, 2.24) is 21.3 Å².